The van der Waals surface area contributed by atoms with Gasteiger partial charge in [0, 0.05) is 6.42 Å². The Labute approximate surface area is 344 Å². The highest BCUT2D eigenvalue weighted by Crippen LogP contribution is 2.17. The Balaban J connectivity index is 3.49. The molecular weight excluding hydrogens is 675 g/mol. The lowest BCUT2D eigenvalue weighted by Gasteiger charge is -2.19. The third-order valence-electron chi connectivity index (χ3n) is 11.4. The number of rotatable bonds is 45. The van der Waals surface area contributed by atoms with Crippen LogP contribution in [0.3, 0.4) is 0 Å². The molecule has 324 valence electrons. The molecule has 0 aromatic heterocycles. The van der Waals surface area contributed by atoms with Crippen molar-refractivity contribution in [3.8, 4) is 0 Å². The maximum atomic E-state index is 12.4. The average molecular weight is 772 g/mol. The van der Waals surface area contributed by atoms with Gasteiger partial charge in [0.15, 0.2) is 0 Å². The van der Waals surface area contributed by atoms with Gasteiger partial charge in [0.05, 0.1) is 18.8 Å². The first-order chi connectivity index (χ1) is 27.2. The van der Waals surface area contributed by atoms with Crippen LogP contribution in [-0.2, 0) is 4.79 Å². The molecule has 0 heterocycles. The first-order valence-corrected chi connectivity index (χ1v) is 24.7. The van der Waals surface area contributed by atoms with Crippen LogP contribution in [-0.4, -0.2) is 34.9 Å². The van der Waals surface area contributed by atoms with Gasteiger partial charge in [-0.3, -0.25) is 4.79 Å². The van der Waals surface area contributed by atoms with E-state index >= 15 is 0 Å². The summed E-state index contributed by atoms with van der Waals surface area (Å²) in [5, 5.41) is 23.0. The molecule has 4 heteroatoms. The van der Waals surface area contributed by atoms with Gasteiger partial charge < -0.3 is 15.5 Å². The summed E-state index contributed by atoms with van der Waals surface area (Å²) >= 11 is 0. The van der Waals surface area contributed by atoms with Gasteiger partial charge in [-0.2, -0.15) is 0 Å². The monoisotopic (exact) mass is 772 g/mol. The summed E-state index contributed by atoms with van der Waals surface area (Å²) in [4.78, 5) is 12.4. The molecule has 2 atom stereocenters. The van der Waals surface area contributed by atoms with Gasteiger partial charge in [0.1, 0.15) is 0 Å². The zero-order valence-electron chi connectivity index (χ0n) is 37.2. The average Bonchev–Trinajstić information content (AvgIpc) is 3.19. The van der Waals surface area contributed by atoms with Gasteiger partial charge in [0.25, 0.3) is 0 Å². The molecule has 0 fully saturated rings. The van der Waals surface area contributed by atoms with Crippen LogP contribution in [0.5, 0.6) is 0 Å². The molecule has 0 bridgehead atoms. The topological polar surface area (TPSA) is 69.6 Å². The van der Waals surface area contributed by atoms with Gasteiger partial charge in [-0.1, -0.05) is 249 Å². The molecule has 0 spiro atoms. The zero-order valence-corrected chi connectivity index (χ0v) is 37.2. The quantitative estimate of drug-likeness (QED) is 0.0426. The van der Waals surface area contributed by atoms with Crippen LogP contribution in [0.1, 0.15) is 264 Å². The van der Waals surface area contributed by atoms with Crippen molar-refractivity contribution in [1.29, 1.82) is 0 Å². The number of hydrogen-bond donors (Lipinski definition) is 3. The van der Waals surface area contributed by atoms with Crippen molar-refractivity contribution >= 4 is 5.91 Å². The second-order valence-electron chi connectivity index (χ2n) is 16.9. The Kier molecular flexibility index (Phi) is 45.8. The molecule has 0 aliphatic carbocycles. The number of carbonyl (C=O) groups excluding carboxylic acids is 1. The molecule has 0 aromatic carbocycles. The summed E-state index contributed by atoms with van der Waals surface area (Å²) in [5.74, 6) is -0.0743. The highest BCUT2D eigenvalue weighted by Gasteiger charge is 2.17. The molecular formula is C51H97NO3. The highest BCUT2D eigenvalue weighted by atomic mass is 16.3. The van der Waals surface area contributed by atoms with Crippen molar-refractivity contribution in [3.63, 3.8) is 0 Å². The van der Waals surface area contributed by atoms with E-state index in [1.54, 1.807) is 6.08 Å². The molecule has 1 amide bonds. The second kappa shape index (κ2) is 47.0. The van der Waals surface area contributed by atoms with E-state index in [-0.39, 0.29) is 12.5 Å². The molecule has 0 rings (SSSR count). The largest absolute Gasteiger partial charge is 0.394 e. The maximum Gasteiger partial charge on any atom is 0.220 e. The maximum absolute atomic E-state index is 12.4. The summed E-state index contributed by atoms with van der Waals surface area (Å²) in [5.41, 5.74) is 0. The predicted octanol–water partition coefficient (Wildman–Crippen LogP) is 15.7. The van der Waals surface area contributed by atoms with E-state index in [0.717, 1.165) is 38.5 Å². The summed E-state index contributed by atoms with van der Waals surface area (Å²) in [7, 11) is 0. The van der Waals surface area contributed by atoms with Crippen molar-refractivity contribution in [2.45, 2.75) is 276 Å². The summed E-state index contributed by atoms with van der Waals surface area (Å²) in [6.45, 7) is 4.30. The van der Waals surface area contributed by atoms with Crippen molar-refractivity contribution in [1.82, 2.24) is 5.32 Å². The van der Waals surface area contributed by atoms with Crippen LogP contribution in [0.15, 0.2) is 36.5 Å². The molecule has 0 aliphatic heterocycles. The van der Waals surface area contributed by atoms with Gasteiger partial charge in [-0.25, -0.2) is 0 Å². The summed E-state index contributed by atoms with van der Waals surface area (Å²) in [6.07, 6.45) is 62.8. The number of aliphatic hydroxyl groups is 2. The lowest BCUT2D eigenvalue weighted by molar-refractivity contribution is -0.123. The second-order valence-corrected chi connectivity index (χ2v) is 16.9. The first kappa shape index (κ1) is 53.6. The predicted molar refractivity (Wildman–Crippen MR) is 244 cm³/mol. The van der Waals surface area contributed by atoms with Crippen molar-refractivity contribution in [3.05, 3.63) is 36.5 Å². The first-order valence-electron chi connectivity index (χ1n) is 24.7. The fourth-order valence-electron chi connectivity index (χ4n) is 7.56. The fraction of sp³-hybridized carbons (Fsp3) is 0.863. The van der Waals surface area contributed by atoms with E-state index in [4.69, 9.17) is 0 Å². The number of amides is 1. The Morgan fingerprint density at radius 2 is 0.709 bits per heavy atom. The molecule has 0 saturated carbocycles. The minimum Gasteiger partial charge on any atom is -0.394 e. The molecule has 3 N–H and O–H groups in total. The number of unbranched alkanes of at least 4 members (excludes halogenated alkanes) is 34. The molecule has 0 radical (unpaired) electrons. The van der Waals surface area contributed by atoms with Crippen LogP contribution in [0.2, 0.25) is 0 Å². The number of hydrogen-bond acceptors (Lipinski definition) is 3. The molecule has 2 unspecified atom stereocenters. The minimum atomic E-state index is -0.867. The highest BCUT2D eigenvalue weighted by molar-refractivity contribution is 5.76. The summed E-state index contributed by atoms with van der Waals surface area (Å²) in [6, 6.07) is -0.642. The Bertz CT molecular complexity index is 836. The van der Waals surface area contributed by atoms with E-state index < -0.39 is 12.1 Å². The number of nitrogens with one attached hydrogen (secondary N) is 1. The lowest BCUT2D eigenvalue weighted by Crippen LogP contribution is -2.45. The Morgan fingerprint density at radius 3 is 1.05 bits per heavy atom. The van der Waals surface area contributed by atoms with Crippen molar-refractivity contribution in [2.75, 3.05) is 6.61 Å². The zero-order chi connectivity index (χ0) is 40.0. The standard InChI is InChI=1S/C51H97NO3/c1-3-5-7-9-11-13-15-17-19-20-21-22-23-24-25-26-27-28-29-30-31-33-35-37-39-41-43-45-47-51(55)52-49(48-53)50(54)46-44-42-40-38-36-34-32-18-16-14-12-10-8-6-4-2/h16,18,36,38,44,46,49-50,53-54H,3-15,17,19-35,37,39-43,45,47-48H2,1-2H3,(H,52,55)/b18-16+,38-36+,46-44+. The molecule has 4 nitrogen and oxygen atoms in total. The van der Waals surface area contributed by atoms with E-state index in [0.29, 0.717) is 6.42 Å². The number of aliphatic hydroxyl groups excluding tert-OH is 2. The van der Waals surface area contributed by atoms with E-state index in [1.165, 1.54) is 205 Å². The van der Waals surface area contributed by atoms with Gasteiger partial charge in [0.2, 0.25) is 5.91 Å². The molecule has 0 saturated heterocycles. The Morgan fingerprint density at radius 1 is 0.418 bits per heavy atom. The van der Waals surface area contributed by atoms with Crippen LogP contribution < -0.4 is 5.32 Å². The fourth-order valence-corrected chi connectivity index (χ4v) is 7.56. The molecule has 0 aromatic rings. The van der Waals surface area contributed by atoms with Crippen LogP contribution in [0.4, 0.5) is 0 Å². The molecule has 55 heavy (non-hydrogen) atoms. The number of allylic oxidation sites excluding steroid dienone is 5. The van der Waals surface area contributed by atoms with Gasteiger partial charge in [-0.05, 0) is 44.9 Å². The van der Waals surface area contributed by atoms with Crippen LogP contribution >= 0.6 is 0 Å². The van der Waals surface area contributed by atoms with Gasteiger partial charge >= 0.3 is 0 Å². The normalized spacial score (nSPS) is 13.2. The number of carbonyl (C=O) groups is 1. The molecule has 0 aliphatic rings. The third-order valence-corrected chi connectivity index (χ3v) is 11.4. The van der Waals surface area contributed by atoms with E-state index in [2.05, 4.69) is 43.5 Å². The smallest absolute Gasteiger partial charge is 0.220 e. The van der Waals surface area contributed by atoms with Gasteiger partial charge in [-0.15, -0.1) is 0 Å². The lowest BCUT2D eigenvalue weighted by atomic mass is 10.0. The Hall–Kier alpha value is -1.39. The van der Waals surface area contributed by atoms with Crippen LogP contribution in [0, 0.1) is 0 Å². The third kappa shape index (κ3) is 43.6. The van der Waals surface area contributed by atoms with Crippen LogP contribution in [0.25, 0.3) is 0 Å². The van der Waals surface area contributed by atoms with Crippen molar-refractivity contribution < 1.29 is 15.0 Å². The van der Waals surface area contributed by atoms with Crippen molar-refractivity contribution in [2.24, 2.45) is 0 Å². The summed E-state index contributed by atoms with van der Waals surface area (Å²) < 4.78 is 0. The van der Waals surface area contributed by atoms with E-state index in [9.17, 15) is 15.0 Å². The van der Waals surface area contributed by atoms with E-state index in [1.807, 2.05) is 6.08 Å². The SMILES string of the molecule is CCCCCCC/C=C/CC/C=C/CC/C=C/C(O)C(CO)NC(=O)CCCCCCCCCCCCCCCCCCCCCCCCCCCCCC. The minimum absolute atomic E-state index is 0.0743.